The van der Waals surface area contributed by atoms with E-state index < -0.39 is 30.0 Å². The van der Waals surface area contributed by atoms with Crippen molar-refractivity contribution in [3.8, 4) is 16.9 Å². The lowest BCUT2D eigenvalue weighted by molar-refractivity contribution is -0.305. The van der Waals surface area contributed by atoms with Crippen LogP contribution >= 0.6 is 0 Å². The number of rotatable bonds is 8. The van der Waals surface area contributed by atoms with Crippen LogP contribution in [0.3, 0.4) is 0 Å². The standard InChI is InChI=1S/C26H27F7O/c1-2-3-17-4-6-18(7-5-17)8-9-19-10-12-20(13-11-19)21-14-15-23(22(27)16-21)34-26(32,33)24(28)25(29,30)31/h8-18,24H,2-7H2,1H3/b9-8+. The number of hydrogen-bond donors (Lipinski definition) is 0. The van der Waals surface area contributed by atoms with E-state index in [1.54, 1.807) is 12.1 Å². The Labute approximate surface area is 194 Å². The molecule has 1 aliphatic rings. The first-order valence-electron chi connectivity index (χ1n) is 11.4. The van der Waals surface area contributed by atoms with Gasteiger partial charge in [0.25, 0.3) is 6.17 Å². The number of halogens is 7. The molecule has 0 aromatic heterocycles. The molecule has 0 radical (unpaired) electrons. The van der Waals surface area contributed by atoms with Crippen molar-refractivity contribution in [2.24, 2.45) is 11.8 Å². The average molecular weight is 488 g/mol. The van der Waals surface area contributed by atoms with Crippen LogP contribution in [0.1, 0.15) is 51.0 Å². The van der Waals surface area contributed by atoms with Gasteiger partial charge in [0.1, 0.15) is 0 Å². The zero-order chi connectivity index (χ0) is 24.9. The van der Waals surface area contributed by atoms with Gasteiger partial charge in [-0.1, -0.05) is 62.2 Å². The maximum Gasteiger partial charge on any atom is 0.439 e. The van der Waals surface area contributed by atoms with Crippen molar-refractivity contribution in [3.05, 3.63) is 59.9 Å². The molecule has 0 heterocycles. The molecule has 1 nitrogen and oxygen atoms in total. The Morgan fingerprint density at radius 1 is 0.941 bits per heavy atom. The van der Waals surface area contributed by atoms with E-state index in [2.05, 4.69) is 17.7 Å². The summed E-state index contributed by atoms with van der Waals surface area (Å²) in [7, 11) is 0. The average Bonchev–Trinajstić information content (AvgIpc) is 2.79. The zero-order valence-electron chi connectivity index (χ0n) is 18.7. The van der Waals surface area contributed by atoms with Crippen LogP contribution in [0.2, 0.25) is 0 Å². The van der Waals surface area contributed by atoms with E-state index in [0.29, 0.717) is 17.0 Å². The summed E-state index contributed by atoms with van der Waals surface area (Å²) < 4.78 is 94.5. The smallest absolute Gasteiger partial charge is 0.427 e. The summed E-state index contributed by atoms with van der Waals surface area (Å²) in [6.45, 7) is 2.21. The Kier molecular flexibility index (Phi) is 8.31. The quantitative estimate of drug-likeness (QED) is 0.337. The maximum atomic E-state index is 14.2. The van der Waals surface area contributed by atoms with Crippen LogP contribution in [0.25, 0.3) is 17.2 Å². The van der Waals surface area contributed by atoms with E-state index in [1.165, 1.54) is 44.6 Å². The first kappa shape index (κ1) is 26.1. The molecular formula is C26H27F7O. The predicted molar refractivity (Wildman–Crippen MR) is 118 cm³/mol. The lowest BCUT2D eigenvalue weighted by Gasteiger charge is -2.26. The van der Waals surface area contributed by atoms with Gasteiger partial charge in [0.05, 0.1) is 0 Å². The van der Waals surface area contributed by atoms with Gasteiger partial charge in [0, 0.05) is 0 Å². The van der Waals surface area contributed by atoms with Gasteiger partial charge in [-0.15, -0.1) is 0 Å². The van der Waals surface area contributed by atoms with E-state index in [4.69, 9.17) is 0 Å². The Bertz CT molecular complexity index is 958. The molecule has 1 fully saturated rings. The molecule has 0 bridgehead atoms. The number of ether oxygens (including phenoxy) is 1. The van der Waals surface area contributed by atoms with Crippen LogP contribution in [0.5, 0.6) is 5.75 Å². The number of benzene rings is 2. The fourth-order valence-electron chi connectivity index (χ4n) is 4.26. The first-order valence-corrected chi connectivity index (χ1v) is 11.4. The van der Waals surface area contributed by atoms with E-state index in [-0.39, 0.29) is 0 Å². The van der Waals surface area contributed by atoms with Crippen LogP contribution in [0.15, 0.2) is 48.5 Å². The van der Waals surface area contributed by atoms with Gasteiger partial charge in [-0.25, -0.2) is 8.78 Å². The van der Waals surface area contributed by atoms with Crippen molar-refractivity contribution in [1.29, 1.82) is 0 Å². The van der Waals surface area contributed by atoms with Gasteiger partial charge in [-0.3, -0.25) is 0 Å². The second-order valence-corrected chi connectivity index (χ2v) is 8.76. The molecule has 0 spiro atoms. The molecule has 0 N–H and O–H groups in total. The molecule has 2 aromatic rings. The zero-order valence-corrected chi connectivity index (χ0v) is 18.7. The summed E-state index contributed by atoms with van der Waals surface area (Å²) in [5, 5.41) is 0. The summed E-state index contributed by atoms with van der Waals surface area (Å²) >= 11 is 0. The summed E-state index contributed by atoms with van der Waals surface area (Å²) in [4.78, 5) is 0. The summed E-state index contributed by atoms with van der Waals surface area (Å²) in [6.07, 6.45) is -4.05. The van der Waals surface area contributed by atoms with Gasteiger partial charge in [0.15, 0.2) is 11.6 Å². The van der Waals surface area contributed by atoms with E-state index in [9.17, 15) is 30.7 Å². The topological polar surface area (TPSA) is 9.23 Å². The van der Waals surface area contributed by atoms with Crippen molar-refractivity contribution in [3.63, 3.8) is 0 Å². The van der Waals surface area contributed by atoms with Crippen molar-refractivity contribution < 1.29 is 35.5 Å². The maximum absolute atomic E-state index is 14.2. The molecular weight excluding hydrogens is 461 g/mol. The van der Waals surface area contributed by atoms with E-state index in [1.807, 2.05) is 18.2 Å². The molecule has 34 heavy (non-hydrogen) atoms. The van der Waals surface area contributed by atoms with Crippen molar-refractivity contribution in [1.82, 2.24) is 0 Å². The third kappa shape index (κ3) is 6.76. The van der Waals surface area contributed by atoms with E-state index in [0.717, 1.165) is 23.6 Å². The summed E-state index contributed by atoms with van der Waals surface area (Å²) in [6, 6.07) is 9.95. The third-order valence-electron chi connectivity index (χ3n) is 6.15. The van der Waals surface area contributed by atoms with Crippen LogP contribution in [0, 0.1) is 17.7 Å². The molecule has 3 rings (SSSR count). The molecule has 0 aliphatic heterocycles. The normalized spacial score (nSPS) is 20.5. The van der Waals surface area contributed by atoms with Gasteiger partial charge in [-0.2, -0.15) is 22.0 Å². The number of hydrogen-bond acceptors (Lipinski definition) is 1. The highest BCUT2D eigenvalue weighted by atomic mass is 19.4. The Balaban J connectivity index is 1.63. The Morgan fingerprint density at radius 3 is 2.12 bits per heavy atom. The molecule has 1 atom stereocenters. The first-order chi connectivity index (χ1) is 16.0. The summed E-state index contributed by atoms with van der Waals surface area (Å²) in [5.74, 6) is -1.11. The SMILES string of the molecule is CCCC1CCC(/C=C/c2ccc(-c3ccc(OC(F)(F)C(F)C(F)(F)F)c(F)c3)cc2)CC1. The fourth-order valence-corrected chi connectivity index (χ4v) is 4.26. The van der Waals surface area contributed by atoms with E-state index >= 15 is 0 Å². The molecule has 1 unspecified atom stereocenters. The lowest BCUT2D eigenvalue weighted by Crippen LogP contribution is -2.45. The molecule has 1 saturated carbocycles. The van der Waals surface area contributed by atoms with Gasteiger partial charge in [0.2, 0.25) is 0 Å². The highest BCUT2D eigenvalue weighted by Gasteiger charge is 2.59. The molecule has 186 valence electrons. The van der Waals surface area contributed by atoms with Crippen LogP contribution in [-0.4, -0.2) is 18.5 Å². The minimum Gasteiger partial charge on any atom is -0.427 e. The number of alkyl halides is 6. The molecule has 1 aliphatic carbocycles. The molecule has 2 aromatic carbocycles. The molecule has 8 heteroatoms. The van der Waals surface area contributed by atoms with Crippen molar-refractivity contribution in [2.45, 2.75) is 63.9 Å². The minimum absolute atomic E-state index is 0.311. The van der Waals surface area contributed by atoms with Crippen LogP contribution in [0.4, 0.5) is 30.7 Å². The largest absolute Gasteiger partial charge is 0.439 e. The van der Waals surface area contributed by atoms with Gasteiger partial charge in [-0.05, 0) is 66.3 Å². The second kappa shape index (κ2) is 10.8. The minimum atomic E-state index is -5.84. The fraction of sp³-hybridized carbons (Fsp3) is 0.462. The highest BCUT2D eigenvalue weighted by molar-refractivity contribution is 5.66. The highest BCUT2D eigenvalue weighted by Crippen LogP contribution is 2.38. The Morgan fingerprint density at radius 2 is 1.56 bits per heavy atom. The second-order valence-electron chi connectivity index (χ2n) is 8.76. The molecule has 0 saturated heterocycles. The lowest BCUT2D eigenvalue weighted by atomic mass is 9.80. The Hall–Kier alpha value is -2.51. The third-order valence-corrected chi connectivity index (χ3v) is 6.15. The monoisotopic (exact) mass is 488 g/mol. The summed E-state index contributed by atoms with van der Waals surface area (Å²) in [5.41, 5.74) is 1.85. The van der Waals surface area contributed by atoms with Crippen molar-refractivity contribution in [2.75, 3.05) is 0 Å². The predicted octanol–water partition coefficient (Wildman–Crippen LogP) is 8.98. The van der Waals surface area contributed by atoms with Crippen LogP contribution < -0.4 is 4.74 Å². The molecule has 0 amide bonds. The number of allylic oxidation sites excluding steroid dienone is 1. The van der Waals surface area contributed by atoms with Crippen molar-refractivity contribution >= 4 is 6.08 Å². The van der Waals surface area contributed by atoms with Crippen LogP contribution in [-0.2, 0) is 0 Å². The van der Waals surface area contributed by atoms with Gasteiger partial charge >= 0.3 is 12.3 Å². The van der Waals surface area contributed by atoms with Gasteiger partial charge < -0.3 is 4.74 Å².